The van der Waals surface area contributed by atoms with Crippen molar-refractivity contribution in [2.75, 3.05) is 44.6 Å². The molecule has 3 aliphatic rings. The normalized spacial score (nSPS) is 22.3. The second kappa shape index (κ2) is 12.9. The number of nitrogens with zero attached hydrogens (tertiary/aromatic N) is 4. The van der Waals surface area contributed by atoms with E-state index in [0.29, 0.717) is 17.4 Å². The zero-order valence-electron chi connectivity index (χ0n) is 25.9. The van der Waals surface area contributed by atoms with Crippen LogP contribution in [0.15, 0.2) is 42.5 Å². The molecular weight excluding hydrogens is 559 g/mol. The lowest BCUT2D eigenvalue weighted by molar-refractivity contribution is -0.137. The number of aliphatic hydroxyl groups is 1. The van der Waals surface area contributed by atoms with Gasteiger partial charge in [0.2, 0.25) is 11.9 Å². The highest BCUT2D eigenvalue weighted by Crippen LogP contribution is 2.38. The number of halogens is 1. The number of hydrogen-bond donors (Lipinski definition) is 3. The smallest absolute Gasteiger partial charge is 0.257 e. The predicted molar refractivity (Wildman–Crippen MR) is 169 cm³/mol. The van der Waals surface area contributed by atoms with Crippen molar-refractivity contribution in [2.24, 2.45) is 11.8 Å². The van der Waals surface area contributed by atoms with Crippen LogP contribution in [0.25, 0.3) is 11.0 Å². The maximum absolute atomic E-state index is 13.5. The fraction of sp³-hybridized carbons (Fsp3) is 0.559. The van der Waals surface area contributed by atoms with Crippen LogP contribution in [0, 0.1) is 17.7 Å². The molecule has 10 heteroatoms. The summed E-state index contributed by atoms with van der Waals surface area (Å²) in [5.41, 5.74) is 2.67. The number of hydrogen-bond acceptors (Lipinski definition) is 6. The molecule has 2 aliphatic heterocycles. The fourth-order valence-corrected chi connectivity index (χ4v) is 7.25. The van der Waals surface area contributed by atoms with Gasteiger partial charge < -0.3 is 19.9 Å². The number of rotatable bonds is 7. The Balaban J connectivity index is 1.23. The monoisotopic (exact) mass is 604 g/mol. The molecule has 0 bridgehead atoms. The summed E-state index contributed by atoms with van der Waals surface area (Å²) < 4.78 is 15.7. The Morgan fingerprint density at radius 2 is 1.66 bits per heavy atom. The quantitative estimate of drug-likeness (QED) is 0.365. The molecule has 3 fully saturated rings. The second-order valence-electron chi connectivity index (χ2n) is 13.4. The van der Waals surface area contributed by atoms with E-state index in [9.17, 15) is 19.1 Å². The third-order valence-electron chi connectivity index (χ3n) is 9.92. The highest BCUT2D eigenvalue weighted by atomic mass is 19.1. The zero-order valence-corrected chi connectivity index (χ0v) is 25.9. The lowest BCUT2D eigenvalue weighted by Crippen LogP contribution is -2.48. The SMILES string of the molecule is CC(C)(O)C1CCN(Cc2ccc3nc(NC(=O)c4ccc(F)cc4)n(C4CCC(C(=O)N5CCNCC5)CC4)c3c2)CC1. The first kappa shape index (κ1) is 30.7. The van der Waals surface area contributed by atoms with Gasteiger partial charge in [0.25, 0.3) is 5.91 Å². The average molecular weight is 605 g/mol. The first-order valence-corrected chi connectivity index (χ1v) is 16.2. The van der Waals surface area contributed by atoms with Gasteiger partial charge in [-0.05, 0) is 113 Å². The van der Waals surface area contributed by atoms with Gasteiger partial charge in [0, 0.05) is 50.2 Å². The van der Waals surface area contributed by atoms with Gasteiger partial charge in [0.1, 0.15) is 5.82 Å². The molecule has 3 N–H and O–H groups in total. The van der Waals surface area contributed by atoms with Crippen molar-refractivity contribution in [1.82, 2.24) is 24.7 Å². The molecular formula is C34H45FN6O3. The Bertz CT molecular complexity index is 1460. The van der Waals surface area contributed by atoms with Gasteiger partial charge in [-0.3, -0.25) is 19.8 Å². The number of nitrogens with one attached hydrogen (secondary N) is 2. The number of piperazine rings is 1. The average Bonchev–Trinajstić information content (AvgIpc) is 3.38. The summed E-state index contributed by atoms with van der Waals surface area (Å²) >= 11 is 0. The van der Waals surface area contributed by atoms with E-state index in [1.54, 1.807) is 0 Å². The summed E-state index contributed by atoms with van der Waals surface area (Å²) in [7, 11) is 0. The van der Waals surface area contributed by atoms with E-state index in [1.165, 1.54) is 29.8 Å². The van der Waals surface area contributed by atoms with Gasteiger partial charge in [-0.1, -0.05) is 6.07 Å². The van der Waals surface area contributed by atoms with Gasteiger partial charge in [-0.15, -0.1) is 0 Å². The van der Waals surface area contributed by atoms with Gasteiger partial charge in [0.15, 0.2) is 0 Å². The molecule has 0 unspecified atom stereocenters. The summed E-state index contributed by atoms with van der Waals surface area (Å²) in [6, 6.07) is 11.9. The second-order valence-corrected chi connectivity index (χ2v) is 13.4. The first-order chi connectivity index (χ1) is 21.2. The van der Waals surface area contributed by atoms with Crippen LogP contribution in [0.1, 0.15) is 74.3 Å². The van der Waals surface area contributed by atoms with Crippen LogP contribution >= 0.6 is 0 Å². The van der Waals surface area contributed by atoms with E-state index >= 15 is 0 Å². The summed E-state index contributed by atoms with van der Waals surface area (Å²) in [6.07, 6.45) is 5.19. The van der Waals surface area contributed by atoms with Crippen LogP contribution in [0.5, 0.6) is 0 Å². The maximum Gasteiger partial charge on any atom is 0.257 e. The van der Waals surface area contributed by atoms with E-state index in [4.69, 9.17) is 4.98 Å². The minimum atomic E-state index is -0.652. The van der Waals surface area contributed by atoms with E-state index in [2.05, 4.69) is 32.2 Å². The van der Waals surface area contributed by atoms with Gasteiger partial charge in [0.05, 0.1) is 16.6 Å². The molecule has 9 nitrogen and oxygen atoms in total. The Labute approximate surface area is 258 Å². The van der Waals surface area contributed by atoms with Crippen molar-refractivity contribution < 1.29 is 19.1 Å². The topological polar surface area (TPSA) is 103 Å². The molecule has 236 valence electrons. The molecule has 6 rings (SSSR count). The first-order valence-electron chi connectivity index (χ1n) is 16.2. The molecule has 0 spiro atoms. The van der Waals surface area contributed by atoms with Gasteiger partial charge >= 0.3 is 0 Å². The number of benzene rings is 2. The van der Waals surface area contributed by atoms with Crippen LogP contribution in [0.4, 0.5) is 10.3 Å². The minimum Gasteiger partial charge on any atom is -0.390 e. The molecule has 1 aromatic heterocycles. The van der Waals surface area contributed by atoms with Crippen LogP contribution < -0.4 is 10.6 Å². The maximum atomic E-state index is 13.5. The van der Waals surface area contributed by atoms with Crippen LogP contribution in [0.3, 0.4) is 0 Å². The molecule has 0 atom stereocenters. The number of likely N-dealkylation sites (tertiary alicyclic amines) is 1. The number of imidazole rings is 1. The zero-order chi connectivity index (χ0) is 30.8. The minimum absolute atomic E-state index is 0.0266. The van der Waals surface area contributed by atoms with E-state index in [0.717, 1.165) is 95.4 Å². The Kier molecular flexibility index (Phi) is 9.03. The Hall–Kier alpha value is -3.34. The largest absolute Gasteiger partial charge is 0.390 e. The summed E-state index contributed by atoms with van der Waals surface area (Å²) in [5.74, 6) is 0.356. The molecule has 3 aromatic rings. The standard InChI is InChI=1S/C34H45FN6O3/c1-34(2,44)26-13-17-39(18-14-26)22-23-3-12-29-30(21-23)41(33(37-29)38-31(42)24-4-8-27(35)9-5-24)28-10-6-25(7-11-28)32(43)40-19-15-36-16-20-40/h3-5,8-9,12,21,25-26,28,36,44H,6-7,10-11,13-20,22H2,1-2H3,(H,37,38,42). The summed E-state index contributed by atoms with van der Waals surface area (Å²) in [5, 5.41) is 16.8. The number of anilines is 1. The summed E-state index contributed by atoms with van der Waals surface area (Å²) in [6.45, 7) is 9.73. The lowest BCUT2D eigenvalue weighted by Gasteiger charge is -2.37. The molecule has 0 radical (unpaired) electrons. The third kappa shape index (κ3) is 6.82. The fourth-order valence-electron chi connectivity index (χ4n) is 7.25. The highest BCUT2D eigenvalue weighted by molar-refractivity contribution is 6.04. The lowest BCUT2D eigenvalue weighted by atomic mass is 9.83. The number of carbonyl (C=O) groups is 2. The van der Waals surface area contributed by atoms with E-state index < -0.39 is 11.4 Å². The van der Waals surface area contributed by atoms with Crippen molar-refractivity contribution in [3.63, 3.8) is 0 Å². The van der Waals surface area contributed by atoms with Crippen molar-refractivity contribution in [2.45, 2.75) is 70.6 Å². The van der Waals surface area contributed by atoms with E-state index in [-0.39, 0.29) is 23.8 Å². The van der Waals surface area contributed by atoms with Gasteiger partial charge in [-0.25, -0.2) is 9.37 Å². The van der Waals surface area contributed by atoms with Crippen LogP contribution in [0.2, 0.25) is 0 Å². The van der Waals surface area contributed by atoms with Crippen LogP contribution in [-0.4, -0.2) is 81.1 Å². The molecule has 1 aliphatic carbocycles. The van der Waals surface area contributed by atoms with Crippen molar-refractivity contribution >= 4 is 28.8 Å². The Morgan fingerprint density at radius 3 is 2.32 bits per heavy atom. The number of aromatic nitrogens is 2. The molecule has 2 aromatic carbocycles. The predicted octanol–water partition coefficient (Wildman–Crippen LogP) is 4.57. The summed E-state index contributed by atoms with van der Waals surface area (Å²) in [4.78, 5) is 35.7. The van der Waals surface area contributed by atoms with Crippen molar-refractivity contribution in [3.8, 4) is 0 Å². The Morgan fingerprint density at radius 1 is 0.977 bits per heavy atom. The van der Waals surface area contributed by atoms with Crippen molar-refractivity contribution in [3.05, 3.63) is 59.4 Å². The number of amides is 2. The molecule has 44 heavy (non-hydrogen) atoms. The van der Waals surface area contributed by atoms with E-state index in [1.807, 2.05) is 24.8 Å². The van der Waals surface area contributed by atoms with Gasteiger partial charge in [-0.2, -0.15) is 0 Å². The molecule has 3 heterocycles. The third-order valence-corrected chi connectivity index (χ3v) is 9.92. The number of piperidine rings is 1. The highest BCUT2D eigenvalue weighted by Gasteiger charge is 2.33. The number of carbonyl (C=O) groups excluding carboxylic acids is 2. The van der Waals surface area contributed by atoms with Crippen LogP contribution in [-0.2, 0) is 11.3 Å². The molecule has 2 amide bonds. The molecule has 1 saturated carbocycles. The molecule has 2 saturated heterocycles. The number of fused-ring (bicyclic) bond motifs is 1. The van der Waals surface area contributed by atoms with Crippen molar-refractivity contribution in [1.29, 1.82) is 0 Å².